The summed E-state index contributed by atoms with van der Waals surface area (Å²) in [6.45, 7) is 6.87. The second-order valence-electron chi connectivity index (χ2n) is 8.41. The zero-order valence-corrected chi connectivity index (χ0v) is 16.2. The number of piperidine rings is 1. The quantitative estimate of drug-likeness (QED) is 0.633. The van der Waals surface area contributed by atoms with E-state index in [1.807, 2.05) is 26.8 Å². The first-order valence-electron chi connectivity index (χ1n) is 9.47. The summed E-state index contributed by atoms with van der Waals surface area (Å²) in [5, 5.41) is 2.53. The number of carbonyl (C=O) groups is 3. The minimum absolute atomic E-state index is 0.127. The Balaban J connectivity index is 1.63. The molecule has 0 aliphatic carbocycles. The first kappa shape index (κ1) is 19.3. The Morgan fingerprint density at radius 2 is 1.89 bits per heavy atom. The third-order valence-electron chi connectivity index (χ3n) is 5.22. The molecule has 1 spiro atoms. The Labute approximate surface area is 159 Å². The highest BCUT2D eigenvalue weighted by atomic mass is 16.6. The number of imide groups is 1. The number of amides is 2. The average molecular weight is 373 g/mol. The SMILES string of the molecule is CC(C)(C)OC(=O)c1ccc(N2CCC3(CCCC(=O)NC3=O)CC2)nc1. The van der Waals surface area contributed by atoms with Crippen LogP contribution in [0.5, 0.6) is 0 Å². The number of carbonyl (C=O) groups excluding carboxylic acids is 3. The summed E-state index contributed by atoms with van der Waals surface area (Å²) in [6.07, 6.45) is 4.85. The molecule has 1 aromatic rings. The van der Waals surface area contributed by atoms with Crippen molar-refractivity contribution >= 4 is 23.6 Å². The Bertz CT molecular complexity index is 729. The van der Waals surface area contributed by atoms with Gasteiger partial charge in [0.2, 0.25) is 11.8 Å². The molecule has 7 nitrogen and oxygen atoms in total. The third kappa shape index (κ3) is 4.46. The lowest BCUT2D eigenvalue weighted by atomic mass is 9.74. The molecule has 0 atom stereocenters. The van der Waals surface area contributed by atoms with Gasteiger partial charge < -0.3 is 9.64 Å². The van der Waals surface area contributed by atoms with Crippen LogP contribution in [0.1, 0.15) is 63.2 Å². The first-order valence-corrected chi connectivity index (χ1v) is 9.47. The van der Waals surface area contributed by atoms with Gasteiger partial charge in [-0.2, -0.15) is 0 Å². The summed E-state index contributed by atoms with van der Waals surface area (Å²) in [6, 6.07) is 3.53. The van der Waals surface area contributed by atoms with Crippen molar-refractivity contribution in [1.29, 1.82) is 0 Å². The first-order chi connectivity index (χ1) is 12.7. The van der Waals surface area contributed by atoms with E-state index in [0.29, 0.717) is 37.9 Å². The number of aromatic nitrogens is 1. The van der Waals surface area contributed by atoms with Crippen molar-refractivity contribution in [3.05, 3.63) is 23.9 Å². The van der Waals surface area contributed by atoms with Crippen LogP contribution in [0.15, 0.2) is 18.3 Å². The van der Waals surface area contributed by atoms with Gasteiger partial charge in [-0.25, -0.2) is 9.78 Å². The molecule has 0 saturated carbocycles. The van der Waals surface area contributed by atoms with Gasteiger partial charge in [0, 0.05) is 25.7 Å². The van der Waals surface area contributed by atoms with Crippen molar-refractivity contribution in [3.63, 3.8) is 0 Å². The number of pyridine rings is 1. The van der Waals surface area contributed by atoms with E-state index in [2.05, 4.69) is 15.2 Å². The van der Waals surface area contributed by atoms with Gasteiger partial charge in [0.25, 0.3) is 0 Å². The molecule has 1 aromatic heterocycles. The minimum Gasteiger partial charge on any atom is -0.456 e. The van der Waals surface area contributed by atoms with Gasteiger partial charge in [-0.1, -0.05) is 0 Å². The maximum absolute atomic E-state index is 12.5. The number of nitrogens with zero attached hydrogens (tertiary/aromatic N) is 2. The largest absolute Gasteiger partial charge is 0.456 e. The third-order valence-corrected chi connectivity index (χ3v) is 5.22. The van der Waals surface area contributed by atoms with E-state index in [4.69, 9.17) is 4.74 Å². The number of anilines is 1. The van der Waals surface area contributed by atoms with E-state index >= 15 is 0 Å². The van der Waals surface area contributed by atoms with E-state index in [1.54, 1.807) is 6.07 Å². The molecular formula is C20H27N3O4. The number of nitrogens with one attached hydrogen (secondary N) is 1. The number of hydrogen-bond donors (Lipinski definition) is 1. The number of esters is 1. The zero-order valence-electron chi connectivity index (χ0n) is 16.2. The smallest absolute Gasteiger partial charge is 0.340 e. The number of hydrogen-bond acceptors (Lipinski definition) is 6. The molecule has 7 heteroatoms. The van der Waals surface area contributed by atoms with Crippen LogP contribution in [0.3, 0.4) is 0 Å². The molecule has 1 N–H and O–H groups in total. The lowest BCUT2D eigenvalue weighted by Gasteiger charge is -2.40. The molecule has 2 fully saturated rings. The maximum atomic E-state index is 12.5. The second-order valence-corrected chi connectivity index (χ2v) is 8.41. The van der Waals surface area contributed by atoms with Gasteiger partial charge in [-0.3, -0.25) is 14.9 Å². The second kappa shape index (κ2) is 7.29. The summed E-state index contributed by atoms with van der Waals surface area (Å²) < 4.78 is 5.35. The van der Waals surface area contributed by atoms with Crippen LogP contribution in [0.2, 0.25) is 0 Å². The van der Waals surface area contributed by atoms with Gasteiger partial charge in [0.05, 0.1) is 11.0 Å². The predicted molar refractivity (Wildman–Crippen MR) is 100 cm³/mol. The molecule has 146 valence electrons. The van der Waals surface area contributed by atoms with Crippen LogP contribution >= 0.6 is 0 Å². The van der Waals surface area contributed by atoms with E-state index in [0.717, 1.165) is 18.7 Å². The topological polar surface area (TPSA) is 88.6 Å². The fraction of sp³-hybridized carbons (Fsp3) is 0.600. The van der Waals surface area contributed by atoms with Crippen LogP contribution in [0, 0.1) is 5.41 Å². The highest BCUT2D eigenvalue weighted by Crippen LogP contribution is 2.39. The number of rotatable bonds is 2. The fourth-order valence-electron chi connectivity index (χ4n) is 3.69. The molecule has 2 aliphatic rings. The molecular weight excluding hydrogens is 346 g/mol. The molecule has 2 aliphatic heterocycles. The molecule has 2 amide bonds. The lowest BCUT2D eigenvalue weighted by molar-refractivity contribution is -0.136. The molecule has 3 heterocycles. The van der Waals surface area contributed by atoms with Gasteiger partial charge in [-0.15, -0.1) is 0 Å². The normalized spacial score (nSPS) is 20.2. The molecule has 27 heavy (non-hydrogen) atoms. The predicted octanol–water partition coefficient (Wildman–Crippen LogP) is 2.45. The van der Waals surface area contributed by atoms with Crippen molar-refractivity contribution in [2.75, 3.05) is 18.0 Å². The molecule has 0 radical (unpaired) electrons. The van der Waals surface area contributed by atoms with Gasteiger partial charge in [0.1, 0.15) is 11.4 Å². The number of ether oxygens (including phenoxy) is 1. The van der Waals surface area contributed by atoms with Crippen LogP contribution in [0.4, 0.5) is 5.82 Å². The van der Waals surface area contributed by atoms with E-state index in [1.165, 1.54) is 6.20 Å². The van der Waals surface area contributed by atoms with Gasteiger partial charge >= 0.3 is 5.97 Å². The summed E-state index contributed by atoms with van der Waals surface area (Å²) >= 11 is 0. The van der Waals surface area contributed by atoms with Gasteiger partial charge in [-0.05, 0) is 58.6 Å². The fourth-order valence-corrected chi connectivity index (χ4v) is 3.69. The Hall–Kier alpha value is -2.44. The summed E-state index contributed by atoms with van der Waals surface area (Å²) in [4.78, 5) is 42.7. The monoisotopic (exact) mass is 373 g/mol. The highest BCUT2D eigenvalue weighted by Gasteiger charge is 2.43. The maximum Gasteiger partial charge on any atom is 0.340 e. The van der Waals surface area contributed by atoms with Crippen LogP contribution in [-0.4, -0.2) is 41.5 Å². The van der Waals surface area contributed by atoms with Gasteiger partial charge in [0.15, 0.2) is 0 Å². The van der Waals surface area contributed by atoms with Crippen LogP contribution < -0.4 is 10.2 Å². The van der Waals surface area contributed by atoms with E-state index < -0.39 is 11.0 Å². The highest BCUT2D eigenvalue weighted by molar-refractivity contribution is 5.99. The summed E-state index contributed by atoms with van der Waals surface area (Å²) in [7, 11) is 0. The molecule has 0 bridgehead atoms. The van der Waals surface area contributed by atoms with Crippen molar-refractivity contribution in [1.82, 2.24) is 10.3 Å². The van der Waals surface area contributed by atoms with Crippen LogP contribution in [-0.2, 0) is 14.3 Å². The summed E-state index contributed by atoms with van der Waals surface area (Å²) in [5.41, 5.74) is -0.569. The van der Waals surface area contributed by atoms with Crippen molar-refractivity contribution in [2.24, 2.45) is 5.41 Å². The van der Waals surface area contributed by atoms with Crippen LogP contribution in [0.25, 0.3) is 0 Å². The van der Waals surface area contributed by atoms with E-state index in [-0.39, 0.29) is 17.8 Å². The minimum atomic E-state index is -0.544. The molecule has 0 aromatic carbocycles. The van der Waals surface area contributed by atoms with E-state index in [9.17, 15) is 14.4 Å². The standard InChI is InChI=1S/C20H27N3O4/c1-19(2,3)27-17(25)14-6-7-15(21-13-14)23-11-9-20(10-12-23)8-4-5-16(24)22-18(20)26/h6-7,13H,4-5,8-12H2,1-3H3,(H,22,24,26). The Morgan fingerprint density at radius 3 is 2.48 bits per heavy atom. The molecule has 2 saturated heterocycles. The van der Waals surface area contributed by atoms with Crippen molar-refractivity contribution in [3.8, 4) is 0 Å². The zero-order chi connectivity index (χ0) is 19.7. The Morgan fingerprint density at radius 1 is 1.19 bits per heavy atom. The summed E-state index contributed by atoms with van der Waals surface area (Å²) in [5.74, 6) is 0.0952. The lowest BCUT2D eigenvalue weighted by Crippen LogP contribution is -2.49. The van der Waals surface area contributed by atoms with Crippen molar-refractivity contribution in [2.45, 2.75) is 58.5 Å². The average Bonchev–Trinajstić information content (AvgIpc) is 2.73. The molecule has 0 unspecified atom stereocenters. The molecule has 3 rings (SSSR count). The Kier molecular flexibility index (Phi) is 5.22. The van der Waals surface area contributed by atoms with Crippen molar-refractivity contribution < 1.29 is 19.1 Å².